The molecule has 3 rings (SSSR count). The summed E-state index contributed by atoms with van der Waals surface area (Å²) in [5.41, 5.74) is 2.19. The first-order chi connectivity index (χ1) is 12.5. The summed E-state index contributed by atoms with van der Waals surface area (Å²) in [5.74, 6) is 2.40. The van der Waals surface area contributed by atoms with Gasteiger partial charge in [-0.05, 0) is 23.8 Å². The third kappa shape index (κ3) is 5.27. The molecule has 0 amide bonds. The molecule has 2 heterocycles. The summed E-state index contributed by atoms with van der Waals surface area (Å²) in [6, 6.07) is 8.14. The van der Waals surface area contributed by atoms with Gasteiger partial charge in [-0.2, -0.15) is 5.10 Å². The van der Waals surface area contributed by atoms with Crippen LogP contribution in [0.25, 0.3) is 0 Å². The van der Waals surface area contributed by atoms with Crippen molar-refractivity contribution in [2.24, 2.45) is 12.0 Å². The summed E-state index contributed by atoms with van der Waals surface area (Å²) in [6.45, 7) is 6.99. The Labute approximate surface area is 177 Å². The van der Waals surface area contributed by atoms with E-state index in [-0.39, 0.29) is 29.4 Å². The lowest BCUT2D eigenvalue weighted by Gasteiger charge is -2.28. The van der Waals surface area contributed by atoms with E-state index >= 15 is 0 Å². The van der Waals surface area contributed by atoms with E-state index in [9.17, 15) is 0 Å². The number of nitrogens with zero attached hydrogens (tertiary/aromatic N) is 3. The molecule has 0 atom stereocenters. The van der Waals surface area contributed by atoms with Crippen LogP contribution in [0.1, 0.15) is 25.1 Å². The number of halogens is 1. The number of guanidine groups is 1. The number of hydrogen-bond donors (Lipinski definition) is 2. The van der Waals surface area contributed by atoms with Crippen LogP contribution in [0.5, 0.6) is 11.5 Å². The van der Waals surface area contributed by atoms with Gasteiger partial charge in [0, 0.05) is 32.3 Å². The van der Waals surface area contributed by atoms with E-state index in [1.807, 2.05) is 23.9 Å². The number of ether oxygens (including phenoxy) is 2. The monoisotopic (exact) mass is 485 g/mol. The summed E-state index contributed by atoms with van der Waals surface area (Å²) in [6.07, 6.45) is 1.79. The highest BCUT2D eigenvalue weighted by Gasteiger charge is 2.23. The minimum absolute atomic E-state index is 0. The smallest absolute Gasteiger partial charge is 0.191 e. The maximum atomic E-state index is 5.71. The first-order valence-corrected chi connectivity index (χ1v) is 8.81. The van der Waals surface area contributed by atoms with Crippen molar-refractivity contribution in [3.63, 3.8) is 0 Å². The Balaban J connectivity index is 0.00000261. The summed E-state index contributed by atoms with van der Waals surface area (Å²) in [4.78, 5) is 4.30. The maximum Gasteiger partial charge on any atom is 0.191 e. The fourth-order valence-corrected chi connectivity index (χ4v) is 2.84. The Morgan fingerprint density at radius 2 is 1.93 bits per heavy atom. The number of nitrogens with one attached hydrogen (secondary N) is 2. The standard InChI is InChI=1S/C19H27N5O2.HI/c1-19(2,14-5-6-16-17(11-14)26-10-9-25-16)13-22-18(20-3)21-12-15-7-8-23-24(15)4;/h5-8,11H,9-10,12-13H2,1-4H3,(H2,20,21,22);1H. The molecule has 0 aliphatic carbocycles. The van der Waals surface area contributed by atoms with Gasteiger partial charge in [0.05, 0.1) is 12.2 Å². The molecule has 0 bridgehead atoms. The molecule has 8 heteroatoms. The molecule has 2 N–H and O–H groups in total. The lowest BCUT2D eigenvalue weighted by atomic mass is 9.84. The number of aryl methyl sites for hydroxylation is 1. The Morgan fingerprint density at radius 1 is 1.19 bits per heavy atom. The van der Waals surface area contributed by atoms with Crippen molar-refractivity contribution in [3.05, 3.63) is 41.7 Å². The van der Waals surface area contributed by atoms with E-state index < -0.39 is 0 Å². The van der Waals surface area contributed by atoms with Gasteiger partial charge < -0.3 is 20.1 Å². The number of hydrogen-bond acceptors (Lipinski definition) is 4. The van der Waals surface area contributed by atoms with Crippen LogP contribution >= 0.6 is 24.0 Å². The first kappa shape index (κ1) is 21.3. The molecular formula is C19H28IN5O2. The van der Waals surface area contributed by atoms with Crippen LogP contribution < -0.4 is 20.1 Å². The minimum Gasteiger partial charge on any atom is -0.486 e. The summed E-state index contributed by atoms with van der Waals surface area (Å²) >= 11 is 0. The lowest BCUT2D eigenvalue weighted by molar-refractivity contribution is 0.171. The quantitative estimate of drug-likeness (QED) is 0.387. The Kier molecular flexibility index (Phi) is 7.34. The van der Waals surface area contributed by atoms with Gasteiger partial charge in [0.2, 0.25) is 0 Å². The predicted molar refractivity (Wildman–Crippen MR) is 117 cm³/mol. The van der Waals surface area contributed by atoms with Crippen LogP contribution in [0.15, 0.2) is 35.5 Å². The van der Waals surface area contributed by atoms with Crippen molar-refractivity contribution in [2.75, 3.05) is 26.8 Å². The fraction of sp³-hybridized carbons (Fsp3) is 0.474. The molecule has 27 heavy (non-hydrogen) atoms. The van der Waals surface area contributed by atoms with Crippen molar-refractivity contribution >= 4 is 29.9 Å². The number of benzene rings is 1. The minimum atomic E-state index is -0.0972. The molecule has 1 aliphatic heterocycles. The lowest BCUT2D eigenvalue weighted by Crippen LogP contribution is -2.43. The van der Waals surface area contributed by atoms with Crippen molar-refractivity contribution in [1.29, 1.82) is 0 Å². The highest BCUT2D eigenvalue weighted by Crippen LogP contribution is 2.34. The highest BCUT2D eigenvalue weighted by atomic mass is 127. The fourth-order valence-electron chi connectivity index (χ4n) is 2.84. The Hall–Kier alpha value is -1.97. The number of rotatable bonds is 5. The van der Waals surface area contributed by atoms with E-state index in [1.165, 1.54) is 5.56 Å². The Morgan fingerprint density at radius 3 is 2.59 bits per heavy atom. The molecule has 2 aromatic rings. The summed E-state index contributed by atoms with van der Waals surface area (Å²) in [7, 11) is 3.70. The highest BCUT2D eigenvalue weighted by molar-refractivity contribution is 14.0. The van der Waals surface area contributed by atoms with Crippen molar-refractivity contribution in [2.45, 2.75) is 25.8 Å². The van der Waals surface area contributed by atoms with Crippen molar-refractivity contribution < 1.29 is 9.47 Å². The molecule has 148 valence electrons. The number of fused-ring (bicyclic) bond motifs is 1. The first-order valence-electron chi connectivity index (χ1n) is 8.81. The average Bonchev–Trinajstić information content (AvgIpc) is 3.06. The van der Waals surface area contributed by atoms with Crippen LogP contribution in [-0.2, 0) is 19.0 Å². The molecular weight excluding hydrogens is 457 g/mol. The largest absolute Gasteiger partial charge is 0.486 e. The topological polar surface area (TPSA) is 72.7 Å². The van der Waals surface area contributed by atoms with Gasteiger partial charge in [-0.15, -0.1) is 24.0 Å². The number of aliphatic imine (C=N–C) groups is 1. The van der Waals surface area contributed by atoms with Gasteiger partial charge in [-0.1, -0.05) is 19.9 Å². The summed E-state index contributed by atoms with van der Waals surface area (Å²) < 4.78 is 13.2. The molecule has 1 aromatic carbocycles. The molecule has 0 spiro atoms. The predicted octanol–water partition coefficient (Wildman–Crippen LogP) is 2.45. The maximum absolute atomic E-state index is 5.71. The molecule has 0 saturated carbocycles. The van der Waals surface area contributed by atoms with E-state index in [2.05, 4.69) is 46.7 Å². The molecule has 0 fully saturated rings. The van der Waals surface area contributed by atoms with Crippen molar-refractivity contribution in [3.8, 4) is 11.5 Å². The van der Waals surface area contributed by atoms with Gasteiger partial charge in [0.15, 0.2) is 17.5 Å². The SMILES string of the molecule is CN=C(NCc1ccnn1C)NCC(C)(C)c1ccc2c(c1)OCCO2.I. The van der Waals surface area contributed by atoms with Crippen LogP contribution in [0, 0.1) is 0 Å². The van der Waals surface area contributed by atoms with Crippen LogP contribution in [-0.4, -0.2) is 42.5 Å². The zero-order valence-electron chi connectivity index (χ0n) is 16.3. The molecule has 1 aliphatic rings. The zero-order chi connectivity index (χ0) is 18.6. The molecule has 1 aromatic heterocycles. The van der Waals surface area contributed by atoms with E-state index in [4.69, 9.17) is 9.47 Å². The molecule has 0 radical (unpaired) electrons. The molecule has 0 unspecified atom stereocenters. The van der Waals surface area contributed by atoms with Crippen LogP contribution in [0.3, 0.4) is 0 Å². The van der Waals surface area contributed by atoms with Crippen LogP contribution in [0.4, 0.5) is 0 Å². The third-order valence-electron chi connectivity index (χ3n) is 4.60. The third-order valence-corrected chi connectivity index (χ3v) is 4.60. The van der Waals surface area contributed by atoms with Gasteiger partial charge in [-0.25, -0.2) is 0 Å². The van der Waals surface area contributed by atoms with E-state index in [0.29, 0.717) is 19.8 Å². The van der Waals surface area contributed by atoms with Crippen molar-refractivity contribution in [1.82, 2.24) is 20.4 Å². The van der Waals surface area contributed by atoms with Gasteiger partial charge >= 0.3 is 0 Å². The van der Waals surface area contributed by atoms with Gasteiger partial charge in [0.25, 0.3) is 0 Å². The average molecular weight is 485 g/mol. The number of aromatic nitrogens is 2. The second-order valence-electron chi connectivity index (χ2n) is 6.97. The zero-order valence-corrected chi connectivity index (χ0v) is 18.6. The van der Waals surface area contributed by atoms with Crippen LogP contribution in [0.2, 0.25) is 0 Å². The normalized spacial score (nSPS) is 13.7. The van der Waals surface area contributed by atoms with Gasteiger partial charge in [-0.3, -0.25) is 9.67 Å². The van der Waals surface area contributed by atoms with E-state index in [0.717, 1.165) is 29.7 Å². The second kappa shape index (κ2) is 9.29. The molecule has 7 nitrogen and oxygen atoms in total. The van der Waals surface area contributed by atoms with E-state index in [1.54, 1.807) is 13.2 Å². The molecule has 0 saturated heterocycles. The van der Waals surface area contributed by atoms with Gasteiger partial charge in [0.1, 0.15) is 13.2 Å². The second-order valence-corrected chi connectivity index (χ2v) is 6.97. The Bertz CT molecular complexity index is 788. The summed E-state index contributed by atoms with van der Waals surface area (Å²) in [5, 5.41) is 10.9.